The maximum absolute atomic E-state index is 12.8. The number of aromatic nitrogens is 2. The van der Waals surface area contributed by atoms with E-state index in [9.17, 15) is 4.79 Å². The number of carbonyl (C=O) groups is 1. The average molecular weight is 377 g/mol. The molecule has 0 spiro atoms. The lowest BCUT2D eigenvalue weighted by Crippen LogP contribution is -2.47. The van der Waals surface area contributed by atoms with Gasteiger partial charge in [0.2, 0.25) is 0 Å². The minimum atomic E-state index is -0.162. The summed E-state index contributed by atoms with van der Waals surface area (Å²) >= 11 is 5.95. The lowest BCUT2D eigenvalue weighted by atomic mass is 9.97. The molecule has 2 amide bonds. The number of allylic oxidation sites excluding steroid dienone is 4. The number of ether oxygens (including phenoxy) is 1. The zero-order valence-corrected chi connectivity index (χ0v) is 16.0. The fraction of sp³-hybridized carbons (Fsp3) is 0.474. The Morgan fingerprint density at radius 3 is 3.00 bits per heavy atom. The average Bonchev–Trinajstić information content (AvgIpc) is 3.22. The molecule has 1 aromatic heterocycles. The van der Waals surface area contributed by atoms with Crippen LogP contribution in [-0.2, 0) is 17.7 Å². The number of carbonyl (C=O) groups excluding carboxylic acids is 1. The Balaban J connectivity index is 1.78. The van der Waals surface area contributed by atoms with Crippen molar-refractivity contribution in [3.05, 3.63) is 52.5 Å². The molecule has 2 aliphatic rings. The first-order valence-corrected chi connectivity index (χ1v) is 9.29. The molecule has 2 atom stereocenters. The highest BCUT2D eigenvalue weighted by Gasteiger charge is 2.33. The molecular weight excluding hydrogens is 352 g/mol. The van der Waals surface area contributed by atoms with Crippen molar-refractivity contribution in [2.24, 2.45) is 0 Å². The van der Waals surface area contributed by atoms with Crippen molar-refractivity contribution in [1.82, 2.24) is 20.4 Å². The molecule has 0 radical (unpaired) electrons. The van der Waals surface area contributed by atoms with Crippen LogP contribution in [0.1, 0.15) is 49.7 Å². The molecule has 2 unspecified atom stereocenters. The molecule has 0 saturated carbocycles. The third kappa shape index (κ3) is 4.02. The fourth-order valence-corrected chi connectivity index (χ4v) is 3.61. The number of nitrogens with one attached hydrogen (secondary N) is 2. The standard InChI is InChI=1S/C19H25ClN4O2/c1-4-6-14(9-12(2)20)21-19(25)24-11-15-16(10-13(24)3)22-23-18(15)17-7-5-8-26-17/h4,6,9,13,17H,1,5,7-8,10-11H2,2-3H3,(H,21,25)(H,22,23)/b12-9+,14-6+. The van der Waals surface area contributed by atoms with E-state index in [4.69, 9.17) is 16.3 Å². The van der Waals surface area contributed by atoms with Gasteiger partial charge in [0.1, 0.15) is 6.10 Å². The monoisotopic (exact) mass is 376 g/mol. The van der Waals surface area contributed by atoms with E-state index in [-0.39, 0.29) is 18.2 Å². The first kappa shape index (κ1) is 18.7. The number of H-pyrrole nitrogens is 1. The summed E-state index contributed by atoms with van der Waals surface area (Å²) in [6, 6.07) is -0.101. The zero-order chi connectivity index (χ0) is 18.7. The second-order valence-corrected chi connectivity index (χ2v) is 7.36. The van der Waals surface area contributed by atoms with Crippen LogP contribution in [0.3, 0.4) is 0 Å². The SMILES string of the molecule is C=C/C=C(\C=C(/C)Cl)NC(=O)N1Cc2c(C3CCCO3)n[nH]c2CC1C. The lowest BCUT2D eigenvalue weighted by Gasteiger charge is -2.33. The summed E-state index contributed by atoms with van der Waals surface area (Å²) in [6.07, 6.45) is 7.85. The normalized spacial score (nSPS) is 23.7. The number of halogens is 1. The van der Waals surface area contributed by atoms with Crippen molar-refractivity contribution in [1.29, 1.82) is 0 Å². The Morgan fingerprint density at radius 2 is 2.35 bits per heavy atom. The van der Waals surface area contributed by atoms with Crippen molar-refractivity contribution < 1.29 is 9.53 Å². The van der Waals surface area contributed by atoms with Crippen LogP contribution < -0.4 is 5.32 Å². The Labute approximate surface area is 158 Å². The molecule has 0 aromatic carbocycles. The highest BCUT2D eigenvalue weighted by Crippen LogP contribution is 2.34. The van der Waals surface area contributed by atoms with Crippen LogP contribution >= 0.6 is 11.6 Å². The van der Waals surface area contributed by atoms with E-state index in [0.29, 0.717) is 17.3 Å². The van der Waals surface area contributed by atoms with Crippen molar-refractivity contribution in [2.75, 3.05) is 6.61 Å². The first-order valence-electron chi connectivity index (χ1n) is 8.91. The molecule has 6 nitrogen and oxygen atoms in total. The molecule has 2 N–H and O–H groups in total. The predicted octanol–water partition coefficient (Wildman–Crippen LogP) is 3.93. The van der Waals surface area contributed by atoms with E-state index < -0.39 is 0 Å². The number of amides is 2. The van der Waals surface area contributed by atoms with Crippen LogP contribution in [0.25, 0.3) is 0 Å². The molecular formula is C19H25ClN4O2. The second-order valence-electron chi connectivity index (χ2n) is 6.77. The van der Waals surface area contributed by atoms with Gasteiger partial charge in [0.25, 0.3) is 0 Å². The number of hydrogen-bond donors (Lipinski definition) is 2. The molecule has 7 heteroatoms. The van der Waals surface area contributed by atoms with Crippen molar-refractivity contribution >= 4 is 17.6 Å². The number of rotatable bonds is 4. The van der Waals surface area contributed by atoms with Crippen LogP contribution in [-0.4, -0.2) is 33.8 Å². The highest BCUT2D eigenvalue weighted by atomic mass is 35.5. The van der Waals surface area contributed by atoms with Gasteiger partial charge in [-0.2, -0.15) is 5.10 Å². The Bertz CT molecular complexity index is 743. The predicted molar refractivity (Wildman–Crippen MR) is 102 cm³/mol. The van der Waals surface area contributed by atoms with Crippen molar-refractivity contribution in [2.45, 2.75) is 51.8 Å². The van der Waals surface area contributed by atoms with Crippen LogP contribution in [0.2, 0.25) is 0 Å². The number of urea groups is 1. The number of hydrogen-bond acceptors (Lipinski definition) is 3. The van der Waals surface area contributed by atoms with E-state index in [1.165, 1.54) is 0 Å². The minimum Gasteiger partial charge on any atom is -0.372 e. The summed E-state index contributed by atoms with van der Waals surface area (Å²) in [5, 5.41) is 11.1. The lowest BCUT2D eigenvalue weighted by molar-refractivity contribution is 0.106. The summed E-state index contributed by atoms with van der Waals surface area (Å²) in [5.74, 6) is 0. The second kappa shape index (κ2) is 8.10. The smallest absolute Gasteiger partial charge is 0.322 e. The quantitative estimate of drug-likeness (QED) is 0.782. The van der Waals surface area contributed by atoms with Crippen LogP contribution in [0.5, 0.6) is 0 Å². The summed E-state index contributed by atoms with van der Waals surface area (Å²) < 4.78 is 5.78. The maximum Gasteiger partial charge on any atom is 0.322 e. The molecule has 2 aliphatic heterocycles. The fourth-order valence-electron chi connectivity index (χ4n) is 3.49. The molecule has 1 saturated heterocycles. The zero-order valence-electron chi connectivity index (χ0n) is 15.2. The first-order chi connectivity index (χ1) is 12.5. The Kier molecular flexibility index (Phi) is 5.84. The number of nitrogens with zero attached hydrogens (tertiary/aromatic N) is 2. The summed E-state index contributed by atoms with van der Waals surface area (Å²) in [7, 11) is 0. The van der Waals surface area contributed by atoms with Gasteiger partial charge in [-0.3, -0.25) is 5.10 Å². The van der Waals surface area contributed by atoms with Gasteiger partial charge in [-0.25, -0.2) is 4.79 Å². The van der Waals surface area contributed by atoms with Crippen LogP contribution in [0.15, 0.2) is 35.5 Å². The molecule has 1 aromatic rings. The maximum atomic E-state index is 12.8. The van der Waals surface area contributed by atoms with Gasteiger partial charge in [-0.15, -0.1) is 0 Å². The van der Waals surface area contributed by atoms with Gasteiger partial charge < -0.3 is 15.0 Å². The van der Waals surface area contributed by atoms with Crippen LogP contribution in [0, 0.1) is 0 Å². The van der Waals surface area contributed by atoms with Gasteiger partial charge in [0.15, 0.2) is 0 Å². The number of aromatic amines is 1. The molecule has 0 aliphatic carbocycles. The summed E-state index contributed by atoms with van der Waals surface area (Å²) in [5.41, 5.74) is 3.75. The van der Waals surface area contributed by atoms with E-state index in [2.05, 4.69) is 22.1 Å². The summed E-state index contributed by atoms with van der Waals surface area (Å²) in [4.78, 5) is 14.7. The van der Waals surface area contributed by atoms with E-state index >= 15 is 0 Å². The highest BCUT2D eigenvalue weighted by molar-refractivity contribution is 6.29. The molecule has 0 bridgehead atoms. The van der Waals surface area contributed by atoms with Crippen molar-refractivity contribution in [3.63, 3.8) is 0 Å². The molecule has 1 fully saturated rings. The van der Waals surface area contributed by atoms with E-state index in [1.807, 2.05) is 11.8 Å². The van der Waals surface area contributed by atoms with Crippen molar-refractivity contribution in [3.8, 4) is 0 Å². The minimum absolute atomic E-state index is 0.0337. The molecule has 26 heavy (non-hydrogen) atoms. The number of fused-ring (bicyclic) bond motifs is 1. The third-order valence-corrected chi connectivity index (χ3v) is 4.85. The molecule has 3 heterocycles. The Hall–Kier alpha value is -2.05. The van der Waals surface area contributed by atoms with Gasteiger partial charge in [0, 0.05) is 41.1 Å². The van der Waals surface area contributed by atoms with E-state index in [0.717, 1.165) is 42.8 Å². The van der Waals surface area contributed by atoms with E-state index in [1.54, 1.807) is 25.2 Å². The van der Waals surface area contributed by atoms with Crippen LogP contribution in [0.4, 0.5) is 4.79 Å². The van der Waals surface area contributed by atoms with Gasteiger partial charge >= 0.3 is 6.03 Å². The third-order valence-electron chi connectivity index (χ3n) is 4.74. The topological polar surface area (TPSA) is 70.2 Å². The summed E-state index contributed by atoms with van der Waals surface area (Å²) in [6.45, 7) is 8.76. The van der Waals surface area contributed by atoms with Gasteiger partial charge in [-0.05, 0) is 38.8 Å². The molecule has 3 rings (SSSR count). The molecule has 140 valence electrons. The van der Waals surface area contributed by atoms with Gasteiger partial charge in [0.05, 0.1) is 12.2 Å². The van der Waals surface area contributed by atoms with Gasteiger partial charge in [-0.1, -0.05) is 24.3 Å². The Morgan fingerprint density at radius 1 is 1.54 bits per heavy atom. The largest absolute Gasteiger partial charge is 0.372 e.